The molecule has 2 N–H and O–H groups in total. The second kappa shape index (κ2) is 9.59. The van der Waals surface area contributed by atoms with Gasteiger partial charge in [0.2, 0.25) is 5.91 Å². The minimum atomic E-state index is 0. The van der Waals surface area contributed by atoms with Crippen LogP contribution in [0.3, 0.4) is 0 Å². The molecular weight excluding hydrogens is 412 g/mol. The zero-order chi connectivity index (χ0) is 20.3. The van der Waals surface area contributed by atoms with Gasteiger partial charge in [-0.1, -0.05) is 12.1 Å². The summed E-state index contributed by atoms with van der Waals surface area (Å²) in [4.78, 5) is 27.6. The van der Waals surface area contributed by atoms with Crippen molar-refractivity contribution in [2.24, 2.45) is 0 Å². The lowest BCUT2D eigenvalue weighted by molar-refractivity contribution is -0.117. The fourth-order valence-electron chi connectivity index (χ4n) is 3.94. The van der Waals surface area contributed by atoms with Crippen molar-refractivity contribution in [3.05, 3.63) is 42.7 Å². The molecule has 1 amide bonds. The van der Waals surface area contributed by atoms with Gasteiger partial charge in [-0.3, -0.25) is 9.78 Å². The quantitative estimate of drug-likeness (QED) is 0.632. The Balaban J connectivity index is 0.00000231. The summed E-state index contributed by atoms with van der Waals surface area (Å²) in [6.07, 6.45) is 5.00. The van der Waals surface area contributed by atoms with Crippen LogP contribution in [0.4, 0.5) is 11.5 Å². The molecule has 1 aromatic carbocycles. The van der Waals surface area contributed by atoms with Crippen LogP contribution < -0.4 is 15.5 Å². The highest BCUT2D eigenvalue weighted by molar-refractivity contribution is 7.59. The maximum absolute atomic E-state index is 12.0. The van der Waals surface area contributed by atoms with Crippen molar-refractivity contribution in [1.82, 2.24) is 20.3 Å². The molecule has 2 aliphatic rings. The number of hydrogen-bond donors (Lipinski definition) is 2. The van der Waals surface area contributed by atoms with E-state index in [1.807, 2.05) is 35.2 Å². The lowest BCUT2D eigenvalue weighted by Crippen LogP contribution is -2.42. The summed E-state index contributed by atoms with van der Waals surface area (Å²) in [5.41, 5.74) is 4.24. The van der Waals surface area contributed by atoms with Gasteiger partial charge in [-0.2, -0.15) is 13.5 Å². The molecule has 3 aromatic rings. The van der Waals surface area contributed by atoms with Crippen molar-refractivity contribution < 1.29 is 9.53 Å². The number of nitrogens with zero attached hydrogens (tertiary/aromatic N) is 4. The monoisotopic (exact) mass is 438 g/mol. The molecule has 0 aliphatic carbocycles. The molecule has 2 saturated heterocycles. The Morgan fingerprint density at radius 2 is 2.03 bits per heavy atom. The molecule has 31 heavy (non-hydrogen) atoms. The number of carbonyl (C=O) groups is 1. The van der Waals surface area contributed by atoms with Crippen LogP contribution in [0, 0.1) is 0 Å². The highest BCUT2D eigenvalue weighted by Gasteiger charge is 2.21. The van der Waals surface area contributed by atoms with Crippen molar-refractivity contribution in [3.8, 4) is 11.3 Å². The smallest absolute Gasteiger partial charge is 0.227 e. The first-order valence-corrected chi connectivity index (χ1v) is 10.4. The number of rotatable bonds is 5. The van der Waals surface area contributed by atoms with Crippen LogP contribution in [-0.2, 0) is 9.53 Å². The van der Waals surface area contributed by atoms with Crippen molar-refractivity contribution in [2.75, 3.05) is 43.0 Å². The fraction of sp³-hybridized carbons (Fsp3) is 0.364. The molecule has 0 spiro atoms. The molecule has 2 aromatic heterocycles. The first-order valence-electron chi connectivity index (χ1n) is 10.4. The van der Waals surface area contributed by atoms with Gasteiger partial charge >= 0.3 is 0 Å². The second-order valence-corrected chi connectivity index (χ2v) is 7.55. The average Bonchev–Trinajstić information content (AvgIpc) is 3.24. The summed E-state index contributed by atoms with van der Waals surface area (Å²) in [5.74, 6) is 0.885. The molecule has 5 rings (SSSR count). The largest absolute Gasteiger partial charge is 0.374 e. The fourth-order valence-corrected chi connectivity index (χ4v) is 3.94. The molecule has 4 heterocycles. The number of benzene rings is 1. The number of hydrogen-bond acceptors (Lipinski definition) is 7. The maximum Gasteiger partial charge on any atom is 0.227 e. The van der Waals surface area contributed by atoms with E-state index in [0.29, 0.717) is 25.4 Å². The number of carbonyl (C=O) groups excluding carboxylic acids is 1. The summed E-state index contributed by atoms with van der Waals surface area (Å²) in [6.45, 7) is 3.84. The molecule has 1 atom stereocenters. The number of morpholine rings is 1. The van der Waals surface area contributed by atoms with Crippen molar-refractivity contribution >= 4 is 41.9 Å². The highest BCUT2D eigenvalue weighted by atomic mass is 32.1. The number of aromatic nitrogens is 3. The third-order valence-electron chi connectivity index (χ3n) is 5.51. The van der Waals surface area contributed by atoms with Crippen LogP contribution in [0.15, 0.2) is 42.7 Å². The Hall–Kier alpha value is -2.75. The maximum atomic E-state index is 12.0. The number of pyridine rings is 1. The molecule has 2 aliphatic heterocycles. The van der Waals surface area contributed by atoms with Gasteiger partial charge in [0.25, 0.3) is 0 Å². The van der Waals surface area contributed by atoms with Gasteiger partial charge < -0.3 is 20.3 Å². The lowest BCUT2D eigenvalue weighted by Gasteiger charge is -2.24. The van der Waals surface area contributed by atoms with Crippen LogP contribution >= 0.6 is 13.5 Å². The first-order chi connectivity index (χ1) is 14.8. The van der Waals surface area contributed by atoms with E-state index >= 15 is 0 Å². The Labute approximate surface area is 187 Å². The van der Waals surface area contributed by atoms with Gasteiger partial charge in [0.1, 0.15) is 5.52 Å². The Morgan fingerprint density at radius 3 is 2.77 bits per heavy atom. The summed E-state index contributed by atoms with van der Waals surface area (Å²) >= 11 is 0. The molecule has 0 unspecified atom stereocenters. The Bertz CT molecular complexity index is 1060. The van der Waals surface area contributed by atoms with Gasteiger partial charge in [0, 0.05) is 56.2 Å². The van der Waals surface area contributed by atoms with Crippen LogP contribution in [-0.4, -0.2) is 59.7 Å². The van der Waals surface area contributed by atoms with Crippen LogP contribution in [0.5, 0.6) is 0 Å². The molecular formula is C22H26N6O2S. The van der Waals surface area contributed by atoms with Crippen LogP contribution in [0.25, 0.3) is 22.3 Å². The van der Waals surface area contributed by atoms with Gasteiger partial charge in [0.15, 0.2) is 5.82 Å². The summed E-state index contributed by atoms with van der Waals surface area (Å²) in [6, 6.07) is 9.92. The van der Waals surface area contributed by atoms with Crippen molar-refractivity contribution in [1.29, 1.82) is 0 Å². The number of amides is 1. The molecule has 162 valence electrons. The first kappa shape index (κ1) is 21.5. The van der Waals surface area contributed by atoms with E-state index < -0.39 is 0 Å². The molecule has 2 fully saturated rings. The minimum absolute atomic E-state index is 0. The van der Waals surface area contributed by atoms with Crippen molar-refractivity contribution in [2.45, 2.75) is 18.9 Å². The van der Waals surface area contributed by atoms with Crippen LogP contribution in [0.2, 0.25) is 0 Å². The predicted molar refractivity (Wildman–Crippen MR) is 126 cm³/mol. The topological polar surface area (TPSA) is 92.3 Å². The van der Waals surface area contributed by atoms with E-state index in [-0.39, 0.29) is 25.5 Å². The zero-order valence-electron chi connectivity index (χ0n) is 17.2. The third kappa shape index (κ3) is 4.63. The lowest BCUT2D eigenvalue weighted by atomic mass is 10.1. The molecule has 0 bridgehead atoms. The van der Waals surface area contributed by atoms with E-state index in [1.165, 1.54) is 0 Å². The average molecular weight is 439 g/mol. The van der Waals surface area contributed by atoms with Gasteiger partial charge in [-0.15, -0.1) is 0 Å². The zero-order valence-corrected chi connectivity index (χ0v) is 18.2. The molecule has 8 nitrogen and oxygen atoms in total. The van der Waals surface area contributed by atoms with Crippen LogP contribution in [0.1, 0.15) is 12.8 Å². The SMILES string of the molecule is O=C1CCCN1c1ccc(-c2cc3nccnc3c(NC[C@@H]3CNCCO3)n2)cc1.S. The van der Waals surface area contributed by atoms with Gasteiger partial charge in [-0.25, -0.2) is 9.97 Å². The van der Waals surface area contributed by atoms with Gasteiger partial charge in [-0.05, 0) is 24.6 Å². The molecule has 9 heteroatoms. The van der Waals surface area contributed by atoms with E-state index in [1.54, 1.807) is 12.4 Å². The highest BCUT2D eigenvalue weighted by Crippen LogP contribution is 2.28. The molecule has 0 saturated carbocycles. The van der Waals surface area contributed by atoms with E-state index in [0.717, 1.165) is 54.0 Å². The Kier molecular flexibility index (Phi) is 6.64. The summed E-state index contributed by atoms with van der Waals surface area (Å²) in [5, 5.41) is 6.73. The normalized spacial score (nSPS) is 18.8. The number of anilines is 2. The second-order valence-electron chi connectivity index (χ2n) is 7.55. The Morgan fingerprint density at radius 1 is 1.19 bits per heavy atom. The van der Waals surface area contributed by atoms with E-state index in [9.17, 15) is 4.79 Å². The summed E-state index contributed by atoms with van der Waals surface area (Å²) < 4.78 is 5.78. The number of ether oxygens (including phenoxy) is 1. The van der Waals surface area contributed by atoms with Crippen molar-refractivity contribution in [3.63, 3.8) is 0 Å². The van der Waals surface area contributed by atoms with E-state index in [2.05, 4.69) is 20.6 Å². The van der Waals surface area contributed by atoms with Gasteiger partial charge in [0.05, 0.1) is 23.9 Å². The summed E-state index contributed by atoms with van der Waals surface area (Å²) in [7, 11) is 0. The standard InChI is InChI=1S/C22H24N6O2.H2S/c29-20-2-1-10-28(20)16-5-3-15(4-6-16)18-12-19-21(25-8-7-24-19)22(27-18)26-14-17-13-23-9-11-30-17;/h3-8,12,17,23H,1-2,9-11,13-14H2,(H,26,27);1H2/t17-;/m0./s1. The number of nitrogens with one attached hydrogen (secondary N) is 2. The third-order valence-corrected chi connectivity index (χ3v) is 5.51. The molecule has 0 radical (unpaired) electrons. The number of fused-ring (bicyclic) bond motifs is 1. The predicted octanol–water partition coefficient (Wildman–Crippen LogP) is 2.33. The van der Waals surface area contributed by atoms with E-state index in [4.69, 9.17) is 9.72 Å². The minimum Gasteiger partial charge on any atom is -0.374 e.